The number of esters is 1. The number of ether oxygens (including phenoxy) is 10. The molecule has 728 valence electrons. The molecule has 19 N–H and O–H groups in total. The average Bonchev–Trinajstić information content (AvgIpc) is 0.762. The molecule has 8 aliphatic heterocycles. The first-order valence-electron chi connectivity index (χ1n) is 43.5. The number of carboxylic acids is 1. The maximum absolute atomic E-state index is 16.8. The standard InChI is InChI=1S/C94H105Cl3N8O31/c1-41(2)25-59(105(7)92(126)128-40-127-70(114)9-8-24-106)88(122)103-76-62(111)29-51(32-69(98)113)86(120)101-74-50-30-66(131-64-22-17-48(78(76)115)27-57(64)96)82(136-91-83(80(117)79(116)68(39-107)133-91)135-72-37-94(6,85(119)43(4)130-72)100-38-44-10-12-45(13-11-44)46-14-19-52(95)20-15-46)67(31-50)132-65-23-18-49(28-58(65)97)81(134-71-36-93(5,99)84(118)42(3)129-71)77-89(123)102-75(90(124)125)56-33-53(108)34-61(110)73(56)55-26-47(16-21-60(55)109)54(35-63(74)112)87(121)104-77/h10-24,26-28,30-31,33-34,41-43,51,54,59,68,71-72,74-81,83-85,91,100,107-110,115-119H,8-9,25,29,32,35-40,99H2,1-7H3,(H2,98,113)(H,101,120)(H,102,123)(H,103,122)(H,104,121)(H,124,125). The van der Waals surface area contributed by atoms with Crippen molar-refractivity contribution in [3.05, 3.63) is 176 Å². The number of halogens is 3. The molecular formula is C94H105Cl3N8O31. The topological polar surface area (TPSA) is 598 Å². The number of hydrogen-bond acceptors (Lipinski definition) is 32. The van der Waals surface area contributed by atoms with Crippen molar-refractivity contribution in [2.24, 2.45) is 23.3 Å². The highest BCUT2D eigenvalue weighted by molar-refractivity contribution is 6.32. The number of aromatic hydroxyl groups is 3. The Morgan fingerprint density at radius 3 is 1.92 bits per heavy atom. The van der Waals surface area contributed by atoms with Crippen LogP contribution in [0.1, 0.15) is 156 Å². The van der Waals surface area contributed by atoms with Gasteiger partial charge in [0.15, 0.2) is 47.8 Å². The molecule has 0 aliphatic carbocycles. The lowest BCUT2D eigenvalue weighted by Crippen LogP contribution is -2.65. The number of Topliss-reactive ketones (excluding diaryl/α,β-unsaturated/α-hetero) is 2. The summed E-state index contributed by atoms with van der Waals surface area (Å²) in [6.45, 7) is 7.69. The second-order valence-corrected chi connectivity index (χ2v) is 36.6. The molecule has 8 heterocycles. The first kappa shape index (κ1) is 102. The zero-order valence-electron chi connectivity index (χ0n) is 74.4. The number of likely N-dealkylation sites (N-methyl/N-ethyl adjacent to an activating group) is 1. The summed E-state index contributed by atoms with van der Waals surface area (Å²) in [4.78, 5) is 161. The fourth-order valence-corrected chi connectivity index (χ4v) is 17.9. The van der Waals surface area contributed by atoms with Crippen molar-refractivity contribution in [3.8, 4) is 68.2 Å². The number of ketones is 2. The SMILES string of the molecule is CC(C)CC(C(=O)NC1C(=O)CC(CC(N)=O)C(=O)NC2C(=O)CC3C(=O)NC(C(=O)NC(C(=O)O)c4cc(O)cc(O)c4-c4cc3ccc4O)C(OC3CC(C)(N)C(O)C(C)O3)c3ccc(c(Cl)c3)Oc3cc2cc(c3OC2OC(CO)C(O)C(O)C2OC2CC(C)(NCc3ccc(-c4ccc(Cl)cc4)cc3)C(O)C(C)O2)Oc2ccc(cc2Cl)C1O)N(C)C(=O)OCOC(=O)CCC=O. The highest BCUT2D eigenvalue weighted by Gasteiger charge is 2.53. The van der Waals surface area contributed by atoms with Crippen LogP contribution in [0.3, 0.4) is 0 Å². The Bertz CT molecular complexity index is 5680. The Hall–Kier alpha value is -11.7. The Morgan fingerprint density at radius 1 is 0.676 bits per heavy atom. The number of nitrogens with two attached hydrogens (primary N) is 2. The largest absolute Gasteiger partial charge is 0.508 e. The van der Waals surface area contributed by atoms with Crippen molar-refractivity contribution in [2.75, 3.05) is 20.4 Å². The van der Waals surface area contributed by atoms with Crippen molar-refractivity contribution < 1.29 is 151 Å². The van der Waals surface area contributed by atoms with Crippen molar-refractivity contribution in [1.82, 2.24) is 31.5 Å². The van der Waals surface area contributed by atoms with Crippen LogP contribution >= 0.6 is 34.8 Å². The minimum atomic E-state index is -2.34. The summed E-state index contributed by atoms with van der Waals surface area (Å²) in [5.41, 5.74) is 9.60. The number of benzene rings is 7. The predicted octanol–water partition coefficient (Wildman–Crippen LogP) is 6.80. The summed E-state index contributed by atoms with van der Waals surface area (Å²) in [5, 5.41) is 131. The number of fused-ring (bicyclic) bond motifs is 15. The maximum atomic E-state index is 16.8. The van der Waals surface area contributed by atoms with Crippen LogP contribution in [0.5, 0.6) is 46.0 Å². The summed E-state index contributed by atoms with van der Waals surface area (Å²) < 4.78 is 63.2. The molecule has 0 radical (unpaired) electrons. The number of phenolic OH excluding ortho intramolecular Hbond substituents is 3. The van der Waals surface area contributed by atoms with E-state index in [9.17, 15) is 75.0 Å². The molecule has 136 heavy (non-hydrogen) atoms. The second-order valence-electron chi connectivity index (χ2n) is 35.3. The fourth-order valence-electron chi connectivity index (χ4n) is 17.4. The molecule has 22 unspecified atom stereocenters. The van der Waals surface area contributed by atoms with Crippen LogP contribution in [0.25, 0.3) is 22.3 Å². The van der Waals surface area contributed by atoms with E-state index < -0.39 is 309 Å². The van der Waals surface area contributed by atoms with E-state index in [2.05, 4.69) is 26.6 Å². The molecule has 0 spiro atoms. The monoisotopic (exact) mass is 1950 g/mol. The normalized spacial score (nSPS) is 28.2. The third-order valence-electron chi connectivity index (χ3n) is 24.8. The van der Waals surface area contributed by atoms with Crippen molar-refractivity contribution in [3.63, 3.8) is 0 Å². The number of primary amides is 1. The lowest BCUT2D eigenvalue weighted by Gasteiger charge is -2.48. The molecular weight excluding hydrogens is 1840 g/mol. The number of hydrogen-bond donors (Lipinski definition) is 17. The van der Waals surface area contributed by atoms with Crippen molar-refractivity contribution >= 4 is 100 Å². The van der Waals surface area contributed by atoms with E-state index in [4.69, 9.17) is 93.6 Å². The van der Waals surface area contributed by atoms with Gasteiger partial charge in [-0.05, 0) is 146 Å². The molecule has 3 saturated heterocycles. The number of carbonyl (C=O) groups excluding carboxylic acids is 10. The number of aliphatic carboxylic acids is 1. The van der Waals surface area contributed by atoms with E-state index in [1.807, 2.05) is 36.4 Å². The number of carboxylic acid groups (broad SMARTS) is 1. The van der Waals surface area contributed by atoms with Gasteiger partial charge in [-0.15, -0.1) is 0 Å². The van der Waals surface area contributed by atoms with Crippen LogP contribution < -0.4 is 52.3 Å². The lowest BCUT2D eigenvalue weighted by molar-refractivity contribution is -0.334. The van der Waals surface area contributed by atoms with Gasteiger partial charge < -0.3 is 141 Å². The molecule has 6 amide bonds. The first-order valence-corrected chi connectivity index (χ1v) is 44.7. The van der Waals surface area contributed by atoms with Gasteiger partial charge in [0.1, 0.15) is 89.7 Å². The van der Waals surface area contributed by atoms with Crippen LogP contribution in [0.4, 0.5) is 4.79 Å². The molecule has 7 aromatic carbocycles. The maximum Gasteiger partial charge on any atom is 0.413 e. The molecule has 3 fully saturated rings. The van der Waals surface area contributed by atoms with Gasteiger partial charge in [0.05, 0.1) is 59.3 Å². The molecule has 11 bridgehead atoms. The van der Waals surface area contributed by atoms with Crippen LogP contribution in [-0.4, -0.2) is 239 Å². The van der Waals surface area contributed by atoms with Crippen molar-refractivity contribution in [1.29, 1.82) is 0 Å². The van der Waals surface area contributed by atoms with E-state index in [1.165, 1.54) is 38.1 Å². The number of phenols is 3. The summed E-state index contributed by atoms with van der Waals surface area (Å²) in [5.74, 6) is -21.6. The smallest absolute Gasteiger partial charge is 0.413 e. The van der Waals surface area contributed by atoms with Crippen LogP contribution in [-0.2, 0) is 87.6 Å². The number of aldehydes is 1. The zero-order valence-corrected chi connectivity index (χ0v) is 76.7. The van der Waals surface area contributed by atoms with Gasteiger partial charge in [0, 0.05) is 91.0 Å². The molecule has 39 nitrogen and oxygen atoms in total. The summed E-state index contributed by atoms with van der Waals surface area (Å²) in [6.07, 6.45) is -27.5. The average molecular weight is 1950 g/mol. The van der Waals surface area contributed by atoms with E-state index in [-0.39, 0.29) is 55.3 Å². The highest BCUT2D eigenvalue weighted by Crippen LogP contribution is 2.51. The molecule has 7 aromatic rings. The molecule has 22 atom stereocenters. The van der Waals surface area contributed by atoms with Crippen LogP contribution in [0, 0.1) is 11.8 Å². The third kappa shape index (κ3) is 23.1. The minimum absolute atomic E-state index is 0.168. The summed E-state index contributed by atoms with van der Waals surface area (Å²) in [7, 11) is 1.13. The van der Waals surface area contributed by atoms with E-state index >= 15 is 28.8 Å². The minimum Gasteiger partial charge on any atom is -0.508 e. The third-order valence-corrected chi connectivity index (χ3v) is 25.6. The van der Waals surface area contributed by atoms with Gasteiger partial charge in [0.25, 0.3) is 0 Å². The van der Waals surface area contributed by atoms with E-state index in [0.717, 1.165) is 83.2 Å². The Labute approximate surface area is 793 Å². The predicted molar refractivity (Wildman–Crippen MR) is 479 cm³/mol. The zero-order chi connectivity index (χ0) is 98.5. The number of rotatable bonds is 24. The van der Waals surface area contributed by atoms with Gasteiger partial charge in [-0.1, -0.05) is 103 Å². The van der Waals surface area contributed by atoms with Gasteiger partial charge in [-0.25, -0.2) is 9.59 Å². The van der Waals surface area contributed by atoms with Gasteiger partial charge >= 0.3 is 18.0 Å². The van der Waals surface area contributed by atoms with E-state index in [1.54, 1.807) is 39.8 Å². The molecule has 0 aromatic heterocycles. The Kier molecular flexibility index (Phi) is 32.1. The van der Waals surface area contributed by atoms with Crippen LogP contribution in [0.15, 0.2) is 127 Å². The van der Waals surface area contributed by atoms with Gasteiger partial charge in [-0.2, -0.15) is 0 Å². The number of carbonyl (C=O) groups is 11. The number of aliphatic hydroxyl groups excluding tert-OH is 6. The van der Waals surface area contributed by atoms with Gasteiger partial charge in [0.2, 0.25) is 48.4 Å². The summed E-state index contributed by atoms with van der Waals surface area (Å²) in [6, 6.07) is 18.1. The molecule has 0 saturated carbocycles. The Balaban J connectivity index is 1.00. The number of nitrogens with zero attached hydrogens (tertiary/aromatic N) is 1. The highest BCUT2D eigenvalue weighted by atomic mass is 35.5. The Morgan fingerprint density at radius 2 is 1.30 bits per heavy atom. The first-order chi connectivity index (χ1) is 64.4. The quantitative estimate of drug-likeness (QED) is 0.0168. The van der Waals surface area contributed by atoms with E-state index in [0.29, 0.717) is 11.3 Å². The summed E-state index contributed by atoms with van der Waals surface area (Å²) >= 11 is 21.0. The fraction of sp³-hybridized carbons (Fsp3) is 0.436. The van der Waals surface area contributed by atoms with Gasteiger partial charge in [-0.3, -0.25) is 43.3 Å². The van der Waals surface area contributed by atoms with Crippen molar-refractivity contribution in [2.45, 2.75) is 227 Å². The number of nitrogens with one attached hydrogen (secondary N) is 5. The second kappa shape index (κ2) is 42.9. The lowest BCUT2D eigenvalue weighted by atomic mass is 9.84. The molecule has 15 rings (SSSR count). The molecule has 8 aliphatic rings. The molecule has 42 heteroatoms. The number of aliphatic hydroxyl groups is 6. The van der Waals surface area contributed by atoms with Crippen LogP contribution in [0.2, 0.25) is 15.1 Å². The number of amides is 6.